The molecule has 1 atom stereocenters. The number of carbonyl (C=O) groups is 2. The second kappa shape index (κ2) is 6.96. The molecule has 0 spiro atoms. The van der Waals surface area contributed by atoms with E-state index >= 15 is 0 Å². The molecule has 2 aliphatic rings. The quantitative estimate of drug-likeness (QED) is 0.775. The Morgan fingerprint density at radius 3 is 2.46 bits per heavy atom. The summed E-state index contributed by atoms with van der Waals surface area (Å²) in [5, 5.41) is 0. The van der Waals surface area contributed by atoms with Crippen LogP contribution in [0, 0.1) is 5.41 Å². The first-order chi connectivity index (χ1) is 11.6. The third-order valence-corrected chi connectivity index (χ3v) is 5.56. The van der Waals surface area contributed by atoms with Gasteiger partial charge in [-0.1, -0.05) is 25.1 Å². The molecule has 1 saturated heterocycles. The summed E-state index contributed by atoms with van der Waals surface area (Å²) in [5.41, 5.74) is 0.0890. The van der Waals surface area contributed by atoms with Crippen LogP contribution in [0.3, 0.4) is 0 Å². The van der Waals surface area contributed by atoms with Gasteiger partial charge in [-0.25, -0.2) is 0 Å². The molecule has 0 N–H and O–H groups in total. The van der Waals surface area contributed by atoms with E-state index in [1.165, 1.54) is 6.42 Å². The largest absolute Gasteiger partial charge is 0.339 e. The van der Waals surface area contributed by atoms with E-state index in [1.807, 2.05) is 42.2 Å². The summed E-state index contributed by atoms with van der Waals surface area (Å²) >= 11 is 0. The normalized spacial score (nSPS) is 22.1. The lowest BCUT2D eigenvalue weighted by molar-refractivity contribution is -0.146. The van der Waals surface area contributed by atoms with E-state index in [2.05, 4.69) is 6.92 Å². The van der Waals surface area contributed by atoms with Crippen molar-refractivity contribution >= 4 is 17.5 Å². The number of para-hydroxylation sites is 1. The van der Waals surface area contributed by atoms with Gasteiger partial charge in [0.25, 0.3) is 0 Å². The Morgan fingerprint density at radius 2 is 1.88 bits per heavy atom. The fourth-order valence-corrected chi connectivity index (χ4v) is 3.92. The zero-order valence-electron chi connectivity index (χ0n) is 14.8. The smallest absolute Gasteiger partial charge is 0.242 e. The summed E-state index contributed by atoms with van der Waals surface area (Å²) in [5.74, 6) is 0.0649. The lowest BCUT2D eigenvalue weighted by Crippen LogP contribution is -2.51. The number of benzene rings is 1. The zero-order valence-corrected chi connectivity index (χ0v) is 14.8. The van der Waals surface area contributed by atoms with Gasteiger partial charge in [-0.2, -0.15) is 0 Å². The molecule has 2 fully saturated rings. The highest BCUT2D eigenvalue weighted by molar-refractivity contribution is 6.14. The second-order valence-electron chi connectivity index (χ2n) is 7.02. The molecule has 4 heteroatoms. The molecule has 1 unspecified atom stereocenters. The van der Waals surface area contributed by atoms with Gasteiger partial charge in [-0.15, -0.1) is 0 Å². The monoisotopic (exact) mass is 328 g/mol. The Morgan fingerprint density at radius 1 is 1.17 bits per heavy atom. The molecule has 0 aromatic heterocycles. The molecule has 1 aliphatic carbocycles. The first-order valence-corrected chi connectivity index (χ1v) is 9.32. The van der Waals surface area contributed by atoms with Crippen LogP contribution in [0.2, 0.25) is 0 Å². The number of hydrogen-bond acceptors (Lipinski definition) is 2. The van der Waals surface area contributed by atoms with Crippen molar-refractivity contribution in [3.8, 4) is 0 Å². The van der Waals surface area contributed by atoms with Crippen molar-refractivity contribution in [1.82, 2.24) is 4.90 Å². The van der Waals surface area contributed by atoms with Gasteiger partial charge in [-0.3, -0.25) is 9.59 Å². The van der Waals surface area contributed by atoms with Crippen molar-refractivity contribution < 1.29 is 9.59 Å². The maximum Gasteiger partial charge on any atom is 0.242 e. The molecule has 24 heavy (non-hydrogen) atoms. The van der Waals surface area contributed by atoms with Gasteiger partial charge >= 0.3 is 0 Å². The van der Waals surface area contributed by atoms with E-state index in [0.717, 1.165) is 31.5 Å². The van der Waals surface area contributed by atoms with Crippen LogP contribution in [0.5, 0.6) is 0 Å². The van der Waals surface area contributed by atoms with Crippen molar-refractivity contribution in [2.24, 2.45) is 5.41 Å². The fourth-order valence-electron chi connectivity index (χ4n) is 3.92. The average molecular weight is 328 g/mol. The topological polar surface area (TPSA) is 40.6 Å². The van der Waals surface area contributed by atoms with Crippen LogP contribution in [0.1, 0.15) is 52.4 Å². The minimum atomic E-state index is -0.795. The molecule has 130 valence electrons. The molecule has 1 saturated carbocycles. The molecular formula is C20H28N2O2. The van der Waals surface area contributed by atoms with Crippen LogP contribution in [-0.2, 0) is 9.59 Å². The molecule has 3 rings (SSSR count). The summed E-state index contributed by atoms with van der Waals surface area (Å²) < 4.78 is 0. The minimum Gasteiger partial charge on any atom is -0.339 e. The number of carbonyl (C=O) groups excluding carboxylic acids is 2. The second-order valence-corrected chi connectivity index (χ2v) is 7.02. The van der Waals surface area contributed by atoms with E-state index in [4.69, 9.17) is 0 Å². The Hall–Kier alpha value is -1.84. The maximum absolute atomic E-state index is 13.2. The molecule has 1 aliphatic heterocycles. The van der Waals surface area contributed by atoms with Crippen molar-refractivity contribution in [3.05, 3.63) is 30.3 Å². The van der Waals surface area contributed by atoms with Crippen molar-refractivity contribution in [3.63, 3.8) is 0 Å². The van der Waals surface area contributed by atoms with Gasteiger partial charge in [0.2, 0.25) is 11.8 Å². The average Bonchev–Trinajstić information content (AvgIpc) is 3.44. The summed E-state index contributed by atoms with van der Waals surface area (Å²) in [6, 6.07) is 10.0. The third-order valence-electron chi connectivity index (χ3n) is 5.56. The predicted molar refractivity (Wildman–Crippen MR) is 95.8 cm³/mol. The molecule has 1 aromatic carbocycles. The number of amides is 2. The fraction of sp³-hybridized carbons (Fsp3) is 0.600. The SMILES string of the molecule is CCC1CCCCN1C(=O)C1(C(=O)N(CC)c2ccccc2)CC1. The first-order valence-electron chi connectivity index (χ1n) is 9.32. The van der Waals surface area contributed by atoms with Crippen LogP contribution in [0.25, 0.3) is 0 Å². The van der Waals surface area contributed by atoms with Gasteiger partial charge in [0.1, 0.15) is 5.41 Å². The highest BCUT2D eigenvalue weighted by atomic mass is 16.2. The Labute approximate surface area is 144 Å². The van der Waals surface area contributed by atoms with E-state index < -0.39 is 5.41 Å². The standard InChI is InChI=1S/C20H28N2O2/c1-3-16-10-8-9-15-22(16)19(24)20(13-14-20)18(23)21(4-2)17-11-6-5-7-12-17/h5-7,11-12,16H,3-4,8-10,13-15H2,1-2H3. The number of hydrogen-bond donors (Lipinski definition) is 0. The van der Waals surface area contributed by atoms with E-state index in [-0.39, 0.29) is 11.8 Å². The molecule has 1 aromatic rings. The maximum atomic E-state index is 13.2. The zero-order chi connectivity index (χ0) is 17.2. The van der Waals surface area contributed by atoms with E-state index in [1.54, 1.807) is 4.90 Å². The van der Waals surface area contributed by atoms with Crippen LogP contribution < -0.4 is 4.90 Å². The van der Waals surface area contributed by atoms with Crippen LogP contribution in [0.4, 0.5) is 5.69 Å². The van der Waals surface area contributed by atoms with Crippen molar-refractivity contribution in [2.45, 2.75) is 58.4 Å². The number of rotatable bonds is 5. The minimum absolute atomic E-state index is 0.0124. The predicted octanol–water partition coefficient (Wildman–Crippen LogP) is 3.61. The summed E-state index contributed by atoms with van der Waals surface area (Å²) in [7, 11) is 0. The molecule has 4 nitrogen and oxygen atoms in total. The van der Waals surface area contributed by atoms with Crippen LogP contribution >= 0.6 is 0 Å². The molecule has 1 heterocycles. The molecular weight excluding hydrogens is 300 g/mol. The Kier molecular flexibility index (Phi) is 4.93. The number of piperidine rings is 1. The third kappa shape index (κ3) is 2.94. The molecule has 0 radical (unpaired) electrons. The molecule has 2 amide bonds. The van der Waals surface area contributed by atoms with Gasteiger partial charge in [0.15, 0.2) is 0 Å². The van der Waals surface area contributed by atoms with Crippen molar-refractivity contribution in [1.29, 1.82) is 0 Å². The lowest BCUT2D eigenvalue weighted by atomic mass is 9.95. The van der Waals surface area contributed by atoms with Gasteiger partial charge in [-0.05, 0) is 57.6 Å². The number of anilines is 1. The van der Waals surface area contributed by atoms with Crippen LogP contribution in [-0.4, -0.2) is 35.8 Å². The molecule has 0 bridgehead atoms. The number of likely N-dealkylation sites (tertiary alicyclic amines) is 1. The summed E-state index contributed by atoms with van der Waals surface area (Å²) in [4.78, 5) is 30.2. The van der Waals surface area contributed by atoms with Gasteiger partial charge in [0.05, 0.1) is 0 Å². The van der Waals surface area contributed by atoms with Gasteiger partial charge < -0.3 is 9.80 Å². The first kappa shape index (κ1) is 17.0. The number of nitrogens with zero attached hydrogens (tertiary/aromatic N) is 2. The summed E-state index contributed by atoms with van der Waals surface area (Å²) in [6.07, 6.45) is 5.69. The Balaban J connectivity index is 1.81. The Bertz CT molecular complexity index is 595. The van der Waals surface area contributed by atoms with E-state index in [0.29, 0.717) is 25.4 Å². The summed E-state index contributed by atoms with van der Waals surface area (Å²) in [6.45, 7) is 5.51. The van der Waals surface area contributed by atoms with E-state index in [9.17, 15) is 9.59 Å². The van der Waals surface area contributed by atoms with Crippen molar-refractivity contribution in [2.75, 3.05) is 18.0 Å². The highest BCUT2D eigenvalue weighted by Gasteiger charge is 2.60. The van der Waals surface area contributed by atoms with Crippen LogP contribution in [0.15, 0.2) is 30.3 Å². The highest BCUT2D eigenvalue weighted by Crippen LogP contribution is 2.50. The lowest BCUT2D eigenvalue weighted by Gasteiger charge is -2.38. The van der Waals surface area contributed by atoms with Gasteiger partial charge in [0, 0.05) is 24.8 Å².